The Morgan fingerprint density at radius 2 is 1.53 bits per heavy atom. The number of aliphatic carboxylic acids is 1. The van der Waals surface area contributed by atoms with Gasteiger partial charge in [0.1, 0.15) is 18.3 Å². The van der Waals surface area contributed by atoms with E-state index in [2.05, 4.69) is 0 Å². The zero-order chi connectivity index (χ0) is 23.2. The Morgan fingerprint density at radius 3 is 2.03 bits per heavy atom. The summed E-state index contributed by atoms with van der Waals surface area (Å²) in [6.45, 7) is 1.78. The normalized spacial score (nSPS) is 28.5. The molecule has 0 aliphatic carbocycles. The van der Waals surface area contributed by atoms with Crippen LogP contribution in [0.1, 0.15) is 18.1 Å². The number of ether oxygens (including phenoxy) is 2. The number of fused-ring (bicyclic) bond motifs is 2. The molecule has 5 atom stereocenters. The number of aliphatic hydroxyl groups excluding tert-OH is 3. The molecule has 4 rings (SSSR count). The molecule has 2 amide bonds. The second-order valence-corrected chi connectivity index (χ2v) is 8.09. The first kappa shape index (κ1) is 22.2. The number of carbonyl (C=O) groups excluding carboxylic acids is 1. The summed E-state index contributed by atoms with van der Waals surface area (Å²) < 4.78 is 11.1. The summed E-state index contributed by atoms with van der Waals surface area (Å²) in [6.07, 6.45) is -8.50. The van der Waals surface area contributed by atoms with Crippen LogP contribution in [0.3, 0.4) is 0 Å². The van der Waals surface area contributed by atoms with Crippen LogP contribution in [0.25, 0.3) is 0 Å². The molecule has 170 valence electrons. The van der Waals surface area contributed by atoms with Gasteiger partial charge in [0.05, 0.1) is 18.0 Å². The molecule has 1 fully saturated rings. The van der Waals surface area contributed by atoms with Gasteiger partial charge in [-0.2, -0.15) is 0 Å². The average molecular weight is 444 g/mol. The quantitative estimate of drug-likeness (QED) is 0.453. The van der Waals surface area contributed by atoms with Crippen LogP contribution in [0.15, 0.2) is 48.5 Å². The molecule has 0 bridgehead atoms. The predicted molar refractivity (Wildman–Crippen MR) is 111 cm³/mol. The number of nitrogens with two attached hydrogens (primary N) is 1. The van der Waals surface area contributed by atoms with E-state index in [1.807, 2.05) is 19.1 Å². The van der Waals surface area contributed by atoms with Gasteiger partial charge in [0, 0.05) is 5.41 Å². The number of hydrogen-bond acceptors (Lipinski definition) is 7. The summed E-state index contributed by atoms with van der Waals surface area (Å²) in [4.78, 5) is 25.0. The van der Waals surface area contributed by atoms with Crippen LogP contribution >= 0.6 is 0 Å². The summed E-state index contributed by atoms with van der Waals surface area (Å²) in [6, 6.07) is 13.6. The maximum absolute atomic E-state index is 12.3. The van der Waals surface area contributed by atoms with E-state index in [4.69, 9.17) is 15.2 Å². The predicted octanol–water partition coefficient (Wildman–Crippen LogP) is 0.432. The highest BCUT2D eigenvalue weighted by Gasteiger charge is 2.49. The summed E-state index contributed by atoms with van der Waals surface area (Å²) in [7, 11) is 0. The van der Waals surface area contributed by atoms with Gasteiger partial charge in [0.15, 0.2) is 12.4 Å². The molecule has 2 aliphatic rings. The first-order valence-electron chi connectivity index (χ1n) is 9.99. The molecule has 2 aromatic rings. The number of rotatable bonds is 4. The second kappa shape index (κ2) is 8.15. The topological polar surface area (TPSA) is 163 Å². The first-order chi connectivity index (χ1) is 15.2. The van der Waals surface area contributed by atoms with E-state index in [1.165, 1.54) is 4.90 Å². The van der Waals surface area contributed by atoms with E-state index >= 15 is 0 Å². The third kappa shape index (κ3) is 3.42. The van der Waals surface area contributed by atoms with Gasteiger partial charge in [-0.15, -0.1) is 0 Å². The summed E-state index contributed by atoms with van der Waals surface area (Å²) in [5.74, 6) is -1.49. The molecule has 2 aliphatic heterocycles. The zero-order valence-corrected chi connectivity index (χ0v) is 17.2. The lowest BCUT2D eigenvalue weighted by Crippen LogP contribution is -2.60. The number of amides is 2. The van der Waals surface area contributed by atoms with Crippen molar-refractivity contribution in [2.24, 2.45) is 5.73 Å². The first-order valence-corrected chi connectivity index (χ1v) is 9.99. The van der Waals surface area contributed by atoms with Crippen LogP contribution in [0.4, 0.5) is 16.2 Å². The van der Waals surface area contributed by atoms with Gasteiger partial charge >= 0.3 is 12.0 Å². The van der Waals surface area contributed by atoms with Gasteiger partial charge in [0.2, 0.25) is 0 Å². The summed E-state index contributed by atoms with van der Waals surface area (Å²) in [5.41, 5.74) is 7.39. The fourth-order valence-electron chi connectivity index (χ4n) is 4.38. The van der Waals surface area contributed by atoms with Crippen LogP contribution < -0.4 is 10.6 Å². The minimum atomic E-state index is -1.81. The van der Waals surface area contributed by atoms with Crippen molar-refractivity contribution < 1.29 is 39.5 Å². The SMILES string of the molecule is CC1(CO[C@@H]2O[C@H](C(=O)O)[C@@H](O)[C@H](O)[C@H]2O)c2ccccc2N(C(N)=O)c2ccccc21. The number of anilines is 2. The fraction of sp³-hybridized carbons (Fsp3) is 0.364. The minimum absolute atomic E-state index is 0.0927. The number of para-hydroxylation sites is 2. The number of carbonyl (C=O) groups is 2. The van der Waals surface area contributed by atoms with E-state index < -0.39 is 48.1 Å². The highest BCUT2D eigenvalue weighted by Crippen LogP contribution is 2.49. The van der Waals surface area contributed by atoms with Crippen molar-refractivity contribution in [3.8, 4) is 0 Å². The number of carboxylic acids is 1. The van der Waals surface area contributed by atoms with Crippen molar-refractivity contribution in [3.63, 3.8) is 0 Å². The van der Waals surface area contributed by atoms with Crippen LogP contribution in [0, 0.1) is 0 Å². The van der Waals surface area contributed by atoms with Crippen molar-refractivity contribution in [2.45, 2.75) is 43.0 Å². The number of hydrogen-bond donors (Lipinski definition) is 5. The number of carboxylic acid groups (broad SMARTS) is 1. The lowest BCUT2D eigenvalue weighted by atomic mass is 9.72. The molecule has 0 spiro atoms. The van der Waals surface area contributed by atoms with E-state index in [1.54, 1.807) is 36.4 Å². The number of urea groups is 1. The Hall–Kier alpha value is -3.02. The summed E-state index contributed by atoms with van der Waals surface area (Å²) >= 11 is 0. The molecule has 2 aromatic carbocycles. The number of aliphatic hydroxyl groups is 3. The Morgan fingerprint density at radius 1 is 1.00 bits per heavy atom. The van der Waals surface area contributed by atoms with Crippen molar-refractivity contribution in [1.29, 1.82) is 0 Å². The Balaban J connectivity index is 1.70. The Bertz CT molecular complexity index is 997. The number of primary amides is 1. The maximum Gasteiger partial charge on any atom is 0.335 e. The zero-order valence-electron chi connectivity index (χ0n) is 17.2. The highest BCUT2D eigenvalue weighted by molar-refractivity contribution is 6.02. The summed E-state index contributed by atoms with van der Waals surface area (Å²) in [5, 5.41) is 39.5. The smallest absolute Gasteiger partial charge is 0.335 e. The molecule has 0 unspecified atom stereocenters. The fourth-order valence-corrected chi connectivity index (χ4v) is 4.38. The molecule has 6 N–H and O–H groups in total. The minimum Gasteiger partial charge on any atom is -0.479 e. The highest BCUT2D eigenvalue weighted by atomic mass is 16.7. The van der Waals surface area contributed by atoms with E-state index in [-0.39, 0.29) is 6.61 Å². The molecular formula is C22H24N2O8. The lowest BCUT2D eigenvalue weighted by molar-refractivity contribution is -0.296. The van der Waals surface area contributed by atoms with Crippen molar-refractivity contribution in [3.05, 3.63) is 59.7 Å². The molecule has 32 heavy (non-hydrogen) atoms. The van der Waals surface area contributed by atoms with Crippen LogP contribution in [0.2, 0.25) is 0 Å². The van der Waals surface area contributed by atoms with Gasteiger partial charge in [-0.25, -0.2) is 9.59 Å². The number of benzene rings is 2. The van der Waals surface area contributed by atoms with Crippen LogP contribution in [0.5, 0.6) is 0 Å². The van der Waals surface area contributed by atoms with Crippen molar-refractivity contribution in [1.82, 2.24) is 0 Å². The third-order valence-corrected chi connectivity index (χ3v) is 6.05. The number of nitrogens with zero attached hydrogens (tertiary/aromatic N) is 1. The molecule has 0 saturated carbocycles. The Kier molecular flexibility index (Phi) is 5.65. The molecule has 0 radical (unpaired) electrons. The lowest BCUT2D eigenvalue weighted by Gasteiger charge is -2.44. The van der Waals surface area contributed by atoms with Gasteiger partial charge < -0.3 is 35.6 Å². The second-order valence-electron chi connectivity index (χ2n) is 8.09. The molecular weight excluding hydrogens is 420 g/mol. The van der Waals surface area contributed by atoms with E-state index in [9.17, 15) is 30.0 Å². The monoisotopic (exact) mass is 444 g/mol. The maximum atomic E-state index is 12.3. The van der Waals surface area contributed by atoms with E-state index in [0.717, 1.165) is 11.1 Å². The molecule has 1 saturated heterocycles. The van der Waals surface area contributed by atoms with E-state index in [0.29, 0.717) is 11.4 Å². The van der Waals surface area contributed by atoms with Crippen LogP contribution in [-0.4, -0.2) is 69.7 Å². The van der Waals surface area contributed by atoms with Crippen molar-refractivity contribution >= 4 is 23.4 Å². The molecule has 2 heterocycles. The molecule has 10 heteroatoms. The Labute approximate surface area is 183 Å². The standard InChI is InChI=1S/C22H24N2O8/c1-22(10-31-20-17(27)15(25)16(26)18(32-20)19(28)29)11-6-2-4-8-13(11)24(21(23)30)14-9-5-3-7-12(14)22/h2-9,15-18,20,25-27H,10H2,1H3,(H2,23,30)(H,28,29)/t15-,16-,17+,18-,20+/m0/s1. The van der Waals surface area contributed by atoms with Crippen LogP contribution in [-0.2, 0) is 19.7 Å². The van der Waals surface area contributed by atoms with Gasteiger partial charge in [-0.1, -0.05) is 36.4 Å². The van der Waals surface area contributed by atoms with Crippen molar-refractivity contribution in [2.75, 3.05) is 11.5 Å². The van der Waals surface area contributed by atoms with Gasteiger partial charge in [-0.3, -0.25) is 4.90 Å². The average Bonchev–Trinajstić information content (AvgIpc) is 2.77. The molecule has 10 nitrogen and oxygen atoms in total. The van der Waals surface area contributed by atoms with Gasteiger partial charge in [0.25, 0.3) is 0 Å². The van der Waals surface area contributed by atoms with Gasteiger partial charge in [-0.05, 0) is 30.2 Å². The largest absolute Gasteiger partial charge is 0.479 e. The third-order valence-electron chi connectivity index (χ3n) is 6.05. The molecule has 0 aromatic heterocycles.